The number of hydrogen-bond donors (Lipinski definition) is 3. The number of aliphatic hydroxyl groups excluding tert-OH is 1. The molecule has 1 aromatic rings. The van der Waals surface area contributed by atoms with Gasteiger partial charge < -0.3 is 25.0 Å². The summed E-state index contributed by atoms with van der Waals surface area (Å²) < 4.78 is 12.4. The second kappa shape index (κ2) is 9.79. The van der Waals surface area contributed by atoms with Crippen molar-refractivity contribution < 1.29 is 24.5 Å². The predicted octanol–water partition coefficient (Wildman–Crippen LogP) is 2.68. The van der Waals surface area contributed by atoms with Crippen molar-refractivity contribution in [1.29, 1.82) is 5.26 Å². The number of carbonyl (C=O) groups is 1. The summed E-state index contributed by atoms with van der Waals surface area (Å²) in [5.74, 6) is 0.540. The van der Waals surface area contributed by atoms with Crippen molar-refractivity contribution >= 4 is 35.3 Å². The summed E-state index contributed by atoms with van der Waals surface area (Å²) in [7, 11) is 0. The lowest BCUT2D eigenvalue weighted by Gasteiger charge is -2.41. The van der Waals surface area contributed by atoms with E-state index in [1.807, 2.05) is 18.2 Å². The standard InChI is InChI=1S/C24H27ClN2O5S/c1-13-18(29)12-19(33-10-9-27-14(2)28)23(31-13)32-20-6-5-17-11-16-4-3-15(7-8-26)22(25)21(16)24(17,20)30/h3-6,11,13,18-20,23,29-30H,7,9-10,12H2,1-2H3,(H,27,28)/t13-,18+,19-,20+,23+,24+/m1/s1. The van der Waals surface area contributed by atoms with Gasteiger partial charge in [-0.15, -0.1) is 0 Å². The third-order valence-electron chi connectivity index (χ3n) is 6.27. The molecule has 1 fully saturated rings. The Morgan fingerprint density at radius 1 is 1.48 bits per heavy atom. The van der Waals surface area contributed by atoms with Gasteiger partial charge in [-0.3, -0.25) is 4.79 Å². The van der Waals surface area contributed by atoms with Gasteiger partial charge in [-0.1, -0.05) is 35.9 Å². The number of fused-ring (bicyclic) bond motifs is 3. The van der Waals surface area contributed by atoms with E-state index in [1.54, 1.807) is 30.8 Å². The summed E-state index contributed by atoms with van der Waals surface area (Å²) in [6.07, 6.45) is 3.65. The van der Waals surface area contributed by atoms with Crippen LogP contribution < -0.4 is 5.32 Å². The monoisotopic (exact) mass is 490 g/mol. The van der Waals surface area contributed by atoms with Crippen LogP contribution in [-0.2, 0) is 26.3 Å². The van der Waals surface area contributed by atoms with Crippen LogP contribution in [0.4, 0.5) is 0 Å². The van der Waals surface area contributed by atoms with E-state index >= 15 is 0 Å². The van der Waals surface area contributed by atoms with Gasteiger partial charge in [0, 0.05) is 24.8 Å². The summed E-state index contributed by atoms with van der Waals surface area (Å²) >= 11 is 8.20. The zero-order chi connectivity index (χ0) is 23.8. The number of benzene rings is 1. The molecule has 0 aromatic heterocycles. The maximum atomic E-state index is 11.8. The highest BCUT2D eigenvalue weighted by molar-refractivity contribution is 7.99. The molecule has 0 radical (unpaired) electrons. The quantitative estimate of drug-likeness (QED) is 0.504. The van der Waals surface area contributed by atoms with Crippen LogP contribution in [0, 0.1) is 11.3 Å². The van der Waals surface area contributed by atoms with E-state index in [0.717, 1.165) is 5.56 Å². The Hall–Kier alpha value is -1.86. The minimum atomic E-state index is -1.48. The summed E-state index contributed by atoms with van der Waals surface area (Å²) in [5.41, 5.74) is 1.19. The highest BCUT2D eigenvalue weighted by Crippen LogP contribution is 2.52. The number of halogens is 1. The molecule has 176 valence electrons. The van der Waals surface area contributed by atoms with Crippen LogP contribution in [-0.4, -0.2) is 58.3 Å². The number of nitriles is 1. The van der Waals surface area contributed by atoms with Gasteiger partial charge in [-0.05, 0) is 36.1 Å². The summed E-state index contributed by atoms with van der Waals surface area (Å²) in [5, 5.41) is 34.3. The third-order valence-corrected chi connectivity index (χ3v) is 7.99. The lowest BCUT2D eigenvalue weighted by Crippen LogP contribution is -2.50. The predicted molar refractivity (Wildman–Crippen MR) is 127 cm³/mol. The number of amides is 1. The highest BCUT2D eigenvalue weighted by atomic mass is 35.5. The van der Waals surface area contributed by atoms with Crippen molar-refractivity contribution in [2.45, 2.75) is 62.1 Å². The topological polar surface area (TPSA) is 112 Å². The number of hydrogen-bond acceptors (Lipinski definition) is 7. The van der Waals surface area contributed by atoms with Gasteiger partial charge in [0.05, 0.1) is 35.0 Å². The maximum Gasteiger partial charge on any atom is 0.216 e. The molecule has 2 aliphatic carbocycles. The van der Waals surface area contributed by atoms with Crippen LogP contribution in [0.3, 0.4) is 0 Å². The van der Waals surface area contributed by atoms with Crippen molar-refractivity contribution in [3.63, 3.8) is 0 Å². The first-order chi connectivity index (χ1) is 15.8. The van der Waals surface area contributed by atoms with E-state index in [1.165, 1.54) is 6.92 Å². The molecule has 9 heteroatoms. The van der Waals surface area contributed by atoms with Crippen molar-refractivity contribution in [2.24, 2.45) is 0 Å². The largest absolute Gasteiger partial charge is 0.390 e. The summed E-state index contributed by atoms with van der Waals surface area (Å²) in [6.45, 7) is 3.76. The number of aliphatic hydroxyl groups is 2. The fourth-order valence-electron chi connectivity index (χ4n) is 4.52. The molecule has 6 atom stereocenters. The van der Waals surface area contributed by atoms with Gasteiger partial charge in [0.25, 0.3) is 0 Å². The Kier molecular flexibility index (Phi) is 7.20. The number of nitrogens with one attached hydrogen (secondary N) is 1. The number of rotatable bonds is 7. The molecule has 7 nitrogen and oxygen atoms in total. The van der Waals surface area contributed by atoms with E-state index in [4.69, 9.17) is 26.3 Å². The van der Waals surface area contributed by atoms with Crippen LogP contribution in [0.1, 0.15) is 37.0 Å². The molecule has 1 amide bonds. The zero-order valence-electron chi connectivity index (χ0n) is 18.5. The van der Waals surface area contributed by atoms with Gasteiger partial charge in [0.15, 0.2) is 6.29 Å². The Balaban J connectivity index is 1.55. The van der Waals surface area contributed by atoms with Gasteiger partial charge in [-0.2, -0.15) is 17.0 Å². The third kappa shape index (κ3) is 4.59. The molecular weight excluding hydrogens is 464 g/mol. The van der Waals surface area contributed by atoms with Crippen LogP contribution in [0.2, 0.25) is 5.02 Å². The van der Waals surface area contributed by atoms with Crippen LogP contribution in [0.25, 0.3) is 6.08 Å². The van der Waals surface area contributed by atoms with E-state index < -0.39 is 30.2 Å². The molecular formula is C24H27ClN2O5S. The average molecular weight is 491 g/mol. The minimum Gasteiger partial charge on any atom is -0.390 e. The lowest BCUT2D eigenvalue weighted by atomic mass is 9.87. The van der Waals surface area contributed by atoms with Gasteiger partial charge in [-0.25, -0.2) is 0 Å². The normalized spacial score (nSPS) is 32.1. The van der Waals surface area contributed by atoms with Crippen LogP contribution >= 0.6 is 23.4 Å². The average Bonchev–Trinajstić information content (AvgIpc) is 3.22. The minimum absolute atomic E-state index is 0.0953. The molecule has 1 heterocycles. The van der Waals surface area contributed by atoms with E-state index in [0.29, 0.717) is 40.4 Å². The second-order valence-corrected chi connectivity index (χ2v) is 10.2. The van der Waals surface area contributed by atoms with Crippen LogP contribution in [0.5, 0.6) is 0 Å². The lowest BCUT2D eigenvalue weighted by molar-refractivity contribution is -0.242. The molecule has 33 heavy (non-hydrogen) atoms. The van der Waals surface area contributed by atoms with Crippen molar-refractivity contribution in [1.82, 2.24) is 5.32 Å². The second-order valence-electron chi connectivity index (χ2n) is 8.52. The fraction of sp³-hybridized carbons (Fsp3) is 0.500. The van der Waals surface area contributed by atoms with E-state index in [2.05, 4.69) is 11.4 Å². The molecule has 0 unspecified atom stereocenters. The first-order valence-corrected chi connectivity index (χ1v) is 12.3. The molecule has 1 aliphatic heterocycles. The Labute approximate surface area is 202 Å². The SMILES string of the molecule is CC(=O)NCCS[C@@H]1C[C@H](O)[C@@H](C)O[C@H]1O[C@H]1C=CC2=Cc3ccc(CC#N)c(Cl)c3[C@]21O. The van der Waals surface area contributed by atoms with Gasteiger partial charge in [0.2, 0.25) is 5.91 Å². The number of carbonyl (C=O) groups excluding carboxylic acids is 1. The maximum absolute atomic E-state index is 11.8. The van der Waals surface area contributed by atoms with Crippen molar-refractivity contribution in [3.05, 3.63) is 51.6 Å². The number of nitrogens with zero attached hydrogens (tertiary/aromatic N) is 1. The first kappa shape index (κ1) is 24.3. The van der Waals surface area contributed by atoms with Crippen LogP contribution in [0.15, 0.2) is 29.9 Å². The van der Waals surface area contributed by atoms with E-state index in [-0.39, 0.29) is 17.6 Å². The van der Waals surface area contributed by atoms with Crippen molar-refractivity contribution in [3.8, 4) is 6.07 Å². The molecule has 0 bridgehead atoms. The Morgan fingerprint density at radius 3 is 3.00 bits per heavy atom. The van der Waals surface area contributed by atoms with Crippen molar-refractivity contribution in [2.75, 3.05) is 12.3 Å². The fourth-order valence-corrected chi connectivity index (χ4v) is 6.04. The Bertz CT molecular complexity index is 1040. The summed E-state index contributed by atoms with van der Waals surface area (Å²) in [4.78, 5) is 11.1. The molecule has 3 aliphatic rings. The smallest absolute Gasteiger partial charge is 0.216 e. The molecule has 0 spiro atoms. The van der Waals surface area contributed by atoms with Gasteiger partial charge >= 0.3 is 0 Å². The molecule has 3 N–H and O–H groups in total. The summed E-state index contributed by atoms with van der Waals surface area (Å²) in [6, 6.07) is 5.77. The number of thioether (sulfide) groups is 1. The molecule has 4 rings (SSSR count). The molecule has 0 saturated carbocycles. The zero-order valence-corrected chi connectivity index (χ0v) is 20.0. The highest BCUT2D eigenvalue weighted by Gasteiger charge is 2.52. The van der Waals surface area contributed by atoms with E-state index in [9.17, 15) is 15.0 Å². The first-order valence-electron chi connectivity index (χ1n) is 10.9. The van der Waals surface area contributed by atoms with Gasteiger partial charge in [0.1, 0.15) is 11.7 Å². The number of ether oxygens (including phenoxy) is 2. The Morgan fingerprint density at radius 2 is 2.27 bits per heavy atom. The molecule has 1 saturated heterocycles. The molecule has 1 aromatic carbocycles.